The molecule has 1 aromatic carbocycles. The first-order chi connectivity index (χ1) is 8.83. The van der Waals surface area contributed by atoms with E-state index in [-0.39, 0.29) is 11.7 Å². The predicted octanol–water partition coefficient (Wildman–Crippen LogP) is 2.09. The van der Waals surface area contributed by atoms with Gasteiger partial charge in [0.15, 0.2) is 0 Å². The lowest BCUT2D eigenvalue weighted by molar-refractivity contribution is 0.0680. The third kappa shape index (κ3) is 2.24. The number of pyridine rings is 1. The lowest BCUT2D eigenvalue weighted by Gasteiger charge is -2.11. The Morgan fingerprint density at radius 1 is 1.39 bits per heavy atom. The standard InChI is InChI=1S/C14H15NO3/c16-14-13-4-3-11(8-10(13)5-6-15-14)18-9-12-2-1-7-17-12/h3-6,8,12H,1-2,7,9H2,(H,15,16)/t12-/m1/s1. The number of rotatable bonds is 3. The first-order valence-corrected chi connectivity index (χ1v) is 6.19. The van der Waals surface area contributed by atoms with Gasteiger partial charge in [-0.25, -0.2) is 0 Å². The van der Waals surface area contributed by atoms with Crippen LogP contribution >= 0.6 is 0 Å². The van der Waals surface area contributed by atoms with Crippen molar-refractivity contribution >= 4 is 10.8 Å². The SMILES string of the molecule is O=c1[nH]ccc2cc(OC[C@H]3CCCO3)ccc12. The fraction of sp³-hybridized carbons (Fsp3) is 0.357. The Hall–Kier alpha value is -1.81. The Morgan fingerprint density at radius 2 is 2.33 bits per heavy atom. The van der Waals surface area contributed by atoms with E-state index in [1.54, 1.807) is 12.3 Å². The highest BCUT2D eigenvalue weighted by atomic mass is 16.5. The molecule has 0 amide bonds. The van der Waals surface area contributed by atoms with Crippen molar-refractivity contribution in [2.24, 2.45) is 0 Å². The van der Waals surface area contributed by atoms with Crippen molar-refractivity contribution in [2.45, 2.75) is 18.9 Å². The summed E-state index contributed by atoms with van der Waals surface area (Å²) < 4.78 is 11.2. The highest BCUT2D eigenvalue weighted by Gasteiger charge is 2.15. The molecule has 1 N–H and O–H groups in total. The van der Waals surface area contributed by atoms with Crippen LogP contribution in [0.15, 0.2) is 35.3 Å². The van der Waals surface area contributed by atoms with Gasteiger partial charge in [-0.05, 0) is 42.5 Å². The number of ether oxygens (including phenoxy) is 2. The van der Waals surface area contributed by atoms with E-state index in [0.29, 0.717) is 12.0 Å². The van der Waals surface area contributed by atoms with Crippen molar-refractivity contribution in [1.82, 2.24) is 4.98 Å². The number of hydrogen-bond donors (Lipinski definition) is 1. The third-order valence-electron chi connectivity index (χ3n) is 3.20. The van der Waals surface area contributed by atoms with Crippen molar-refractivity contribution in [2.75, 3.05) is 13.2 Å². The van der Waals surface area contributed by atoms with Gasteiger partial charge >= 0.3 is 0 Å². The van der Waals surface area contributed by atoms with Crippen LogP contribution in [0.4, 0.5) is 0 Å². The molecule has 18 heavy (non-hydrogen) atoms. The molecule has 1 aliphatic rings. The van der Waals surface area contributed by atoms with E-state index >= 15 is 0 Å². The minimum atomic E-state index is -0.0711. The van der Waals surface area contributed by atoms with Gasteiger partial charge in [-0.3, -0.25) is 4.79 Å². The molecule has 1 atom stereocenters. The molecule has 0 radical (unpaired) electrons. The highest BCUT2D eigenvalue weighted by molar-refractivity contribution is 5.82. The summed E-state index contributed by atoms with van der Waals surface area (Å²) in [5.41, 5.74) is -0.0711. The maximum Gasteiger partial charge on any atom is 0.255 e. The van der Waals surface area contributed by atoms with E-state index in [1.165, 1.54) is 0 Å². The molecule has 1 fully saturated rings. The van der Waals surface area contributed by atoms with E-state index in [4.69, 9.17) is 9.47 Å². The molecule has 4 heteroatoms. The normalized spacial score (nSPS) is 19.2. The summed E-state index contributed by atoms with van der Waals surface area (Å²) in [5, 5.41) is 1.57. The summed E-state index contributed by atoms with van der Waals surface area (Å²) in [7, 11) is 0. The second kappa shape index (κ2) is 4.82. The van der Waals surface area contributed by atoms with Crippen LogP contribution in [0.3, 0.4) is 0 Å². The molecule has 0 spiro atoms. The van der Waals surface area contributed by atoms with E-state index in [2.05, 4.69) is 4.98 Å². The highest BCUT2D eigenvalue weighted by Crippen LogP contribution is 2.19. The molecule has 2 aromatic rings. The van der Waals surface area contributed by atoms with Crippen LogP contribution in [-0.2, 0) is 4.74 Å². The van der Waals surface area contributed by atoms with Gasteiger partial charge in [-0.1, -0.05) is 0 Å². The monoisotopic (exact) mass is 245 g/mol. The molecule has 2 heterocycles. The lowest BCUT2D eigenvalue weighted by Crippen LogP contribution is -2.16. The average molecular weight is 245 g/mol. The zero-order valence-corrected chi connectivity index (χ0v) is 10.0. The van der Waals surface area contributed by atoms with E-state index in [1.807, 2.05) is 18.2 Å². The van der Waals surface area contributed by atoms with Crippen LogP contribution in [0.2, 0.25) is 0 Å². The van der Waals surface area contributed by atoms with E-state index in [0.717, 1.165) is 30.6 Å². The minimum absolute atomic E-state index is 0.0711. The summed E-state index contributed by atoms with van der Waals surface area (Å²) in [6, 6.07) is 7.38. The van der Waals surface area contributed by atoms with Crippen molar-refractivity contribution < 1.29 is 9.47 Å². The maximum absolute atomic E-state index is 11.5. The second-order valence-electron chi connectivity index (χ2n) is 4.50. The molecule has 4 nitrogen and oxygen atoms in total. The minimum Gasteiger partial charge on any atom is -0.491 e. The molecule has 0 aliphatic carbocycles. The van der Waals surface area contributed by atoms with Crippen molar-refractivity contribution in [1.29, 1.82) is 0 Å². The van der Waals surface area contributed by atoms with Gasteiger partial charge < -0.3 is 14.5 Å². The summed E-state index contributed by atoms with van der Waals surface area (Å²) in [6.45, 7) is 1.41. The smallest absolute Gasteiger partial charge is 0.255 e. The molecular weight excluding hydrogens is 230 g/mol. The van der Waals surface area contributed by atoms with Gasteiger partial charge in [-0.2, -0.15) is 0 Å². The average Bonchev–Trinajstić information content (AvgIpc) is 2.90. The lowest BCUT2D eigenvalue weighted by atomic mass is 10.2. The van der Waals surface area contributed by atoms with Crippen LogP contribution < -0.4 is 10.3 Å². The molecule has 1 aliphatic heterocycles. The Morgan fingerprint density at radius 3 is 3.17 bits per heavy atom. The summed E-state index contributed by atoms with van der Waals surface area (Å²) in [4.78, 5) is 14.2. The number of hydrogen-bond acceptors (Lipinski definition) is 3. The second-order valence-corrected chi connectivity index (χ2v) is 4.50. The van der Waals surface area contributed by atoms with Gasteiger partial charge in [0.25, 0.3) is 5.56 Å². The van der Waals surface area contributed by atoms with Crippen molar-refractivity contribution in [3.63, 3.8) is 0 Å². The van der Waals surface area contributed by atoms with Gasteiger partial charge in [-0.15, -0.1) is 0 Å². The Labute approximate surface area is 105 Å². The molecule has 0 unspecified atom stereocenters. The summed E-state index contributed by atoms with van der Waals surface area (Å²) >= 11 is 0. The van der Waals surface area contributed by atoms with Gasteiger partial charge in [0.2, 0.25) is 0 Å². The quantitative estimate of drug-likeness (QED) is 0.900. The number of nitrogens with one attached hydrogen (secondary N) is 1. The van der Waals surface area contributed by atoms with Gasteiger partial charge in [0.05, 0.1) is 6.10 Å². The Balaban J connectivity index is 1.78. The zero-order valence-electron chi connectivity index (χ0n) is 10.0. The van der Waals surface area contributed by atoms with Crippen LogP contribution in [-0.4, -0.2) is 24.3 Å². The Bertz CT molecular complexity index is 599. The van der Waals surface area contributed by atoms with Gasteiger partial charge in [0.1, 0.15) is 12.4 Å². The van der Waals surface area contributed by atoms with Crippen LogP contribution in [0.1, 0.15) is 12.8 Å². The van der Waals surface area contributed by atoms with Crippen molar-refractivity contribution in [3.05, 3.63) is 40.8 Å². The largest absolute Gasteiger partial charge is 0.491 e. The molecule has 94 valence electrons. The Kier molecular flexibility index (Phi) is 3.02. The fourth-order valence-corrected chi connectivity index (χ4v) is 2.23. The van der Waals surface area contributed by atoms with Gasteiger partial charge in [0, 0.05) is 18.2 Å². The van der Waals surface area contributed by atoms with E-state index in [9.17, 15) is 4.79 Å². The first-order valence-electron chi connectivity index (χ1n) is 6.19. The topological polar surface area (TPSA) is 51.3 Å². The van der Waals surface area contributed by atoms with Crippen LogP contribution in [0, 0.1) is 0 Å². The maximum atomic E-state index is 11.5. The molecule has 1 saturated heterocycles. The first kappa shape index (κ1) is 11.3. The number of fused-ring (bicyclic) bond motifs is 1. The van der Waals surface area contributed by atoms with Crippen molar-refractivity contribution in [3.8, 4) is 5.75 Å². The van der Waals surface area contributed by atoms with Crippen LogP contribution in [0.25, 0.3) is 10.8 Å². The number of H-pyrrole nitrogens is 1. The van der Waals surface area contributed by atoms with Crippen LogP contribution in [0.5, 0.6) is 5.75 Å². The zero-order chi connectivity index (χ0) is 12.4. The number of aromatic nitrogens is 1. The molecule has 1 aromatic heterocycles. The molecule has 0 saturated carbocycles. The molecule has 0 bridgehead atoms. The third-order valence-corrected chi connectivity index (χ3v) is 3.20. The summed E-state index contributed by atoms with van der Waals surface area (Å²) in [5.74, 6) is 0.781. The predicted molar refractivity (Wildman–Crippen MR) is 69.0 cm³/mol. The number of aromatic amines is 1. The van der Waals surface area contributed by atoms with E-state index < -0.39 is 0 Å². The molecule has 3 rings (SSSR count). The summed E-state index contributed by atoms with van der Waals surface area (Å²) in [6.07, 6.45) is 4.03. The molecular formula is C14H15NO3. The number of benzene rings is 1. The fourth-order valence-electron chi connectivity index (χ4n) is 2.23.